The van der Waals surface area contributed by atoms with Gasteiger partial charge in [0.2, 0.25) is 0 Å². The van der Waals surface area contributed by atoms with Gasteiger partial charge in [-0.25, -0.2) is 0 Å². The van der Waals surface area contributed by atoms with Crippen LogP contribution in [0.25, 0.3) is 21.7 Å². The van der Waals surface area contributed by atoms with Crippen molar-refractivity contribution in [2.75, 3.05) is 0 Å². The summed E-state index contributed by atoms with van der Waals surface area (Å²) in [6, 6.07) is 14.7. The van der Waals surface area contributed by atoms with Gasteiger partial charge in [-0.1, -0.05) is 29.8 Å². The topological polar surface area (TPSA) is 56.6 Å². The summed E-state index contributed by atoms with van der Waals surface area (Å²) in [6.45, 7) is 0. The molecule has 0 unspecified atom stereocenters. The fraction of sp³-hybridized carbons (Fsp3) is 0. The number of rotatable bonds is 2. The monoisotopic (exact) mass is 390 g/mol. The normalized spacial score (nSPS) is 10.4. The van der Waals surface area contributed by atoms with Crippen molar-refractivity contribution in [2.45, 2.75) is 0 Å². The van der Waals surface area contributed by atoms with E-state index in [1.807, 2.05) is 30.3 Å². The van der Waals surface area contributed by atoms with Gasteiger partial charge in [-0.2, -0.15) is 5.26 Å². The maximum absolute atomic E-state index is 12.2. The number of H-pyrrole nitrogens is 1. The Morgan fingerprint density at radius 3 is 2.59 bits per heavy atom. The molecule has 0 bridgehead atoms. The van der Waals surface area contributed by atoms with Crippen LogP contribution in [-0.2, 0) is 0 Å². The zero-order chi connectivity index (χ0) is 15.7. The number of nitrogens with one attached hydrogen (secondary N) is 1. The van der Waals surface area contributed by atoms with Crippen LogP contribution in [0, 0.1) is 11.3 Å². The van der Waals surface area contributed by atoms with Crippen LogP contribution in [0.3, 0.4) is 0 Å². The molecule has 3 aromatic rings. The van der Waals surface area contributed by atoms with Crippen molar-refractivity contribution >= 4 is 38.9 Å². The van der Waals surface area contributed by atoms with Crippen LogP contribution in [0.2, 0.25) is 5.02 Å². The van der Waals surface area contributed by atoms with Crippen molar-refractivity contribution in [2.24, 2.45) is 0 Å². The molecule has 0 radical (unpaired) electrons. The summed E-state index contributed by atoms with van der Waals surface area (Å²) >= 11 is 11.1. The maximum Gasteiger partial charge on any atom is 0.266 e. The number of pyridine rings is 1. The summed E-state index contributed by atoms with van der Waals surface area (Å²) in [5, 5.41) is 9.80. The van der Waals surface area contributed by atoms with Gasteiger partial charge in [-0.15, -0.1) is 11.3 Å². The highest BCUT2D eigenvalue weighted by atomic mass is 79.9. The van der Waals surface area contributed by atoms with E-state index in [4.69, 9.17) is 11.6 Å². The number of benzene rings is 1. The van der Waals surface area contributed by atoms with Gasteiger partial charge < -0.3 is 4.98 Å². The van der Waals surface area contributed by atoms with E-state index < -0.39 is 5.56 Å². The first-order valence-corrected chi connectivity index (χ1v) is 8.27. The van der Waals surface area contributed by atoms with Gasteiger partial charge in [-0.05, 0) is 40.2 Å². The van der Waals surface area contributed by atoms with Crippen LogP contribution >= 0.6 is 38.9 Å². The summed E-state index contributed by atoms with van der Waals surface area (Å²) in [5.41, 5.74) is 1.52. The molecule has 0 fully saturated rings. The average Bonchev–Trinajstić information content (AvgIpc) is 2.93. The molecular formula is C16H8BrClN2OS. The highest BCUT2D eigenvalue weighted by Gasteiger charge is 2.15. The molecule has 3 rings (SSSR count). The van der Waals surface area contributed by atoms with Gasteiger partial charge >= 0.3 is 0 Å². The van der Waals surface area contributed by atoms with Crippen molar-refractivity contribution < 1.29 is 0 Å². The van der Waals surface area contributed by atoms with Gasteiger partial charge in [0.25, 0.3) is 5.56 Å². The average molecular weight is 392 g/mol. The van der Waals surface area contributed by atoms with Crippen LogP contribution in [-0.4, -0.2) is 4.98 Å². The first-order valence-electron chi connectivity index (χ1n) is 6.28. The Kier molecular flexibility index (Phi) is 4.16. The smallest absolute Gasteiger partial charge is 0.266 e. The number of hydrogen-bond acceptors (Lipinski definition) is 3. The van der Waals surface area contributed by atoms with E-state index >= 15 is 0 Å². The lowest BCUT2D eigenvalue weighted by atomic mass is 10.0. The van der Waals surface area contributed by atoms with Crippen LogP contribution in [0.5, 0.6) is 0 Å². The number of thiophene rings is 1. The molecule has 2 aromatic heterocycles. The third-order valence-corrected chi connectivity index (χ3v) is 5.13. The van der Waals surface area contributed by atoms with E-state index in [9.17, 15) is 10.1 Å². The van der Waals surface area contributed by atoms with Crippen molar-refractivity contribution in [1.82, 2.24) is 4.98 Å². The quantitative estimate of drug-likeness (QED) is 0.664. The third-order valence-electron chi connectivity index (χ3n) is 3.15. The second kappa shape index (κ2) is 6.09. The molecule has 0 saturated carbocycles. The molecule has 1 N–H and O–H groups in total. The van der Waals surface area contributed by atoms with Crippen molar-refractivity contribution in [3.63, 3.8) is 0 Å². The first kappa shape index (κ1) is 15.0. The molecule has 3 nitrogen and oxygen atoms in total. The molecule has 0 saturated heterocycles. The number of nitriles is 1. The highest BCUT2D eigenvalue weighted by molar-refractivity contribution is 9.11. The van der Waals surface area contributed by atoms with Crippen LogP contribution in [0.15, 0.2) is 51.0 Å². The van der Waals surface area contributed by atoms with Gasteiger partial charge in [0, 0.05) is 16.1 Å². The fourth-order valence-corrected chi connectivity index (χ4v) is 3.75. The SMILES string of the molecule is N#Cc1c(-c2ccccc2Cl)cc(-c2ccc(Br)s2)[nH]c1=O. The number of hydrogen-bond donors (Lipinski definition) is 1. The number of aromatic nitrogens is 1. The van der Waals surface area contributed by atoms with Crippen molar-refractivity contribution in [3.05, 3.63) is 67.2 Å². The zero-order valence-electron chi connectivity index (χ0n) is 11.1. The maximum atomic E-state index is 12.2. The Morgan fingerprint density at radius 2 is 1.95 bits per heavy atom. The standard InChI is InChI=1S/C16H8BrClN2OS/c17-15-6-5-14(22-15)13-7-10(11(8-19)16(21)20-13)9-3-1-2-4-12(9)18/h1-7H,(H,20,21). The Labute approximate surface area is 143 Å². The summed E-state index contributed by atoms with van der Waals surface area (Å²) < 4.78 is 0.965. The minimum atomic E-state index is -0.417. The Morgan fingerprint density at radius 1 is 1.18 bits per heavy atom. The van der Waals surface area contributed by atoms with Crippen LogP contribution in [0.4, 0.5) is 0 Å². The van der Waals surface area contributed by atoms with Crippen molar-refractivity contribution in [3.8, 4) is 27.8 Å². The lowest BCUT2D eigenvalue weighted by Crippen LogP contribution is -2.12. The first-order chi connectivity index (χ1) is 10.6. The van der Waals surface area contributed by atoms with Crippen LogP contribution < -0.4 is 5.56 Å². The molecule has 0 atom stereocenters. The Balaban J connectivity index is 2.29. The largest absolute Gasteiger partial charge is 0.320 e. The van der Waals surface area contributed by atoms with E-state index in [2.05, 4.69) is 20.9 Å². The van der Waals surface area contributed by atoms with Gasteiger partial charge in [-0.3, -0.25) is 4.79 Å². The second-order valence-corrected chi connectivity index (χ2v) is 7.37. The summed E-state index contributed by atoms with van der Waals surface area (Å²) in [5.74, 6) is 0. The molecule has 6 heteroatoms. The molecule has 0 aliphatic rings. The van der Waals surface area contributed by atoms with E-state index in [0.717, 1.165) is 8.66 Å². The summed E-state index contributed by atoms with van der Waals surface area (Å²) in [7, 11) is 0. The summed E-state index contributed by atoms with van der Waals surface area (Å²) in [4.78, 5) is 15.9. The minimum absolute atomic E-state index is 0.0625. The van der Waals surface area contributed by atoms with Gasteiger partial charge in [0.05, 0.1) is 14.4 Å². The lowest BCUT2D eigenvalue weighted by molar-refractivity contribution is 1.23. The highest BCUT2D eigenvalue weighted by Crippen LogP contribution is 2.34. The molecule has 2 heterocycles. The van der Waals surface area contributed by atoms with Crippen molar-refractivity contribution in [1.29, 1.82) is 5.26 Å². The number of aromatic amines is 1. The predicted octanol–water partition coefficient (Wildman–Crippen LogP) is 5.06. The zero-order valence-corrected chi connectivity index (χ0v) is 14.2. The van der Waals surface area contributed by atoms with E-state index in [1.165, 1.54) is 11.3 Å². The predicted molar refractivity (Wildman–Crippen MR) is 93.2 cm³/mol. The lowest BCUT2D eigenvalue weighted by Gasteiger charge is -2.08. The number of nitrogens with zero attached hydrogens (tertiary/aromatic N) is 1. The molecule has 0 spiro atoms. The molecule has 22 heavy (non-hydrogen) atoms. The third kappa shape index (κ3) is 2.73. The van der Waals surface area contributed by atoms with E-state index in [-0.39, 0.29) is 5.56 Å². The number of halogens is 2. The molecule has 0 amide bonds. The van der Waals surface area contributed by atoms with Gasteiger partial charge in [0.1, 0.15) is 11.6 Å². The molecule has 0 aliphatic heterocycles. The molecular weight excluding hydrogens is 384 g/mol. The second-order valence-electron chi connectivity index (χ2n) is 4.50. The van der Waals surface area contributed by atoms with E-state index in [0.29, 0.717) is 21.8 Å². The van der Waals surface area contributed by atoms with E-state index in [1.54, 1.807) is 18.2 Å². The fourth-order valence-electron chi connectivity index (χ4n) is 2.15. The summed E-state index contributed by atoms with van der Waals surface area (Å²) in [6.07, 6.45) is 0. The molecule has 108 valence electrons. The van der Waals surface area contributed by atoms with Gasteiger partial charge in [0.15, 0.2) is 0 Å². The molecule has 0 aliphatic carbocycles. The molecule has 1 aromatic carbocycles. The minimum Gasteiger partial charge on any atom is -0.320 e. The Bertz CT molecular complexity index is 955. The Hall–Kier alpha value is -1.87. The van der Waals surface area contributed by atoms with Crippen LogP contribution in [0.1, 0.15) is 5.56 Å².